The smallest absolute Gasteiger partial charge is 0.472 e. The van der Waals surface area contributed by atoms with Crippen LogP contribution in [0.4, 0.5) is 23.0 Å². The van der Waals surface area contributed by atoms with Gasteiger partial charge in [-0.3, -0.25) is 52.4 Å². The number of phosphoric acid groups is 1. The minimum Gasteiger partial charge on any atom is -0.480 e. The Morgan fingerprint density at radius 3 is 1.63 bits per heavy atom. The van der Waals surface area contributed by atoms with Crippen LogP contribution in [0.15, 0.2) is 44.8 Å². The van der Waals surface area contributed by atoms with Crippen LogP contribution in [-0.2, 0) is 72.6 Å². The number of amides is 3. The monoisotopic (exact) mass is 1640 g/mol. The molecular formula is C83H138N11O20P. The molecule has 2 aromatic heterocycles. The molecule has 4 rings (SSSR count). The van der Waals surface area contributed by atoms with Gasteiger partial charge in [0, 0.05) is 68.9 Å². The van der Waals surface area contributed by atoms with E-state index in [-0.39, 0.29) is 98.5 Å². The number of carbonyl (C=O) groups is 6. The van der Waals surface area contributed by atoms with Crippen LogP contribution < -0.4 is 54.1 Å². The summed E-state index contributed by atoms with van der Waals surface area (Å²) in [5, 5.41) is 26.9. The van der Waals surface area contributed by atoms with Crippen molar-refractivity contribution in [3.05, 3.63) is 72.5 Å². The maximum absolute atomic E-state index is 13.3. The molecule has 31 nitrogen and oxygen atoms in total. The van der Waals surface area contributed by atoms with Crippen LogP contribution in [0.3, 0.4) is 0 Å². The van der Waals surface area contributed by atoms with E-state index >= 15 is 0 Å². The number of anilines is 4. The van der Waals surface area contributed by atoms with Crippen LogP contribution >= 0.6 is 7.82 Å². The van der Waals surface area contributed by atoms with E-state index in [1.807, 2.05) is 13.8 Å². The number of carbonyl (C=O) groups excluding carboxylic acids is 5. The van der Waals surface area contributed by atoms with E-state index in [1.165, 1.54) is 160 Å². The number of nitrogens with zero attached hydrogens (tertiary/aromatic N) is 3. The van der Waals surface area contributed by atoms with Crippen molar-refractivity contribution < 1.29 is 80.8 Å². The number of esters is 2. The number of H-pyrrole nitrogens is 1. The van der Waals surface area contributed by atoms with Gasteiger partial charge in [-0.1, -0.05) is 194 Å². The lowest BCUT2D eigenvalue weighted by Gasteiger charge is -2.31. The van der Waals surface area contributed by atoms with Crippen LogP contribution in [0.2, 0.25) is 0 Å². The topological polar surface area (TPSA) is 438 Å². The summed E-state index contributed by atoms with van der Waals surface area (Å²) in [6.45, 7) is 12.5. The number of ether oxygens (including phenoxy) is 6. The van der Waals surface area contributed by atoms with E-state index < -0.39 is 90.5 Å². The lowest BCUT2D eigenvalue weighted by Crippen LogP contribution is -2.47. The van der Waals surface area contributed by atoms with E-state index in [9.17, 15) is 57.7 Å². The molecule has 0 aliphatic heterocycles. The van der Waals surface area contributed by atoms with Gasteiger partial charge in [-0.15, -0.1) is 0 Å². The lowest BCUT2D eigenvalue weighted by molar-refractivity contribution is -0.161. The summed E-state index contributed by atoms with van der Waals surface area (Å²) in [5.41, 5.74) is 3.34. The number of fused-ring (bicyclic) bond motifs is 1. The summed E-state index contributed by atoms with van der Waals surface area (Å²) in [4.78, 5) is 139. The highest BCUT2D eigenvalue weighted by Gasteiger charge is 2.33. The molecule has 0 bridgehead atoms. The Morgan fingerprint density at radius 2 is 1.08 bits per heavy atom. The van der Waals surface area contributed by atoms with Crippen LogP contribution in [-0.4, -0.2) is 175 Å². The molecule has 3 atom stereocenters. The average molecular weight is 1640 g/mol. The summed E-state index contributed by atoms with van der Waals surface area (Å²) >= 11 is 0. The van der Waals surface area contributed by atoms with E-state index in [1.54, 1.807) is 26.0 Å². The quantitative estimate of drug-likeness (QED) is 0.00849. The molecule has 0 aliphatic carbocycles. The number of carboxylic acid groups (broad SMARTS) is 1. The number of unbranched alkanes of at least 4 members (excludes halogenated alkanes) is 28. The van der Waals surface area contributed by atoms with Gasteiger partial charge in [0.15, 0.2) is 17.3 Å². The molecule has 32 heteroatoms. The van der Waals surface area contributed by atoms with E-state index in [0.717, 1.165) is 38.5 Å². The zero-order valence-electron chi connectivity index (χ0n) is 69.7. The Morgan fingerprint density at radius 1 is 0.565 bits per heavy atom. The number of carboxylic acids is 1. The highest BCUT2D eigenvalue weighted by atomic mass is 31.2. The first-order chi connectivity index (χ1) is 55.3. The molecule has 2 aromatic carbocycles. The Balaban J connectivity index is 1.03. The normalized spacial score (nSPS) is 12.8. The Labute approximate surface area is 680 Å². The first-order valence-electron chi connectivity index (χ1n) is 42.5. The number of nitrogens with one attached hydrogen (secondary N) is 7. The second-order valence-corrected chi connectivity index (χ2v) is 32.2. The van der Waals surface area contributed by atoms with E-state index in [4.69, 9.17) is 43.2 Å². The Kier molecular flexibility index (Phi) is 51.4. The zero-order chi connectivity index (χ0) is 83.8. The number of hydrogen-bond donors (Lipinski definition) is 10. The van der Waals surface area contributed by atoms with Crippen LogP contribution in [0.1, 0.15) is 295 Å². The number of benzene rings is 1. The number of nitrogens with two attached hydrogens (primary N) is 1. The molecule has 0 saturated heterocycles. The largest absolute Gasteiger partial charge is 0.480 e. The summed E-state index contributed by atoms with van der Waals surface area (Å²) in [5.74, 6) is -3.89. The van der Waals surface area contributed by atoms with Gasteiger partial charge in [-0.05, 0) is 90.5 Å². The van der Waals surface area contributed by atoms with Crippen molar-refractivity contribution in [1.82, 2.24) is 35.9 Å². The van der Waals surface area contributed by atoms with Gasteiger partial charge in [0.2, 0.25) is 11.9 Å². The first-order valence-corrected chi connectivity index (χ1v) is 44.0. The molecule has 2 heterocycles. The molecule has 3 amide bonds. The first kappa shape index (κ1) is 99.8. The molecule has 0 spiro atoms. The maximum atomic E-state index is 13.3. The number of nitrogen functional groups attached to an aromatic ring is 1. The number of aromatic amines is 1. The predicted octanol–water partition coefficient (Wildman–Crippen LogP) is 13.1. The molecule has 0 fully saturated rings. The third-order valence-electron chi connectivity index (χ3n) is 19.5. The van der Waals surface area contributed by atoms with Gasteiger partial charge >= 0.3 is 25.7 Å². The number of phosphoric ester groups is 1. The third-order valence-corrected chi connectivity index (χ3v) is 20.5. The Hall–Kier alpha value is -7.51. The molecule has 3 unspecified atom stereocenters. The number of hydrogen-bond acceptors (Lipinski definition) is 25. The minimum atomic E-state index is -4.75. The summed E-state index contributed by atoms with van der Waals surface area (Å²) in [7, 11) is -4.75. The van der Waals surface area contributed by atoms with Gasteiger partial charge in [0.1, 0.15) is 29.6 Å². The minimum absolute atomic E-state index is 0.0368. The van der Waals surface area contributed by atoms with Crippen molar-refractivity contribution in [2.45, 2.75) is 309 Å². The number of rotatable bonds is 73. The van der Waals surface area contributed by atoms with Crippen molar-refractivity contribution in [2.75, 3.05) is 107 Å². The molecule has 0 aliphatic rings. The Bertz CT molecular complexity index is 3590. The summed E-state index contributed by atoms with van der Waals surface area (Å²) < 4.78 is 57.4. The van der Waals surface area contributed by atoms with Crippen molar-refractivity contribution in [3.8, 4) is 0 Å². The fraction of sp³-hybridized carbons (Fsp3) is 0.735. The molecule has 115 heavy (non-hydrogen) atoms. The highest BCUT2D eigenvalue weighted by Crippen LogP contribution is 2.43. The van der Waals surface area contributed by atoms with Crippen LogP contribution in [0.5, 0.6) is 0 Å². The van der Waals surface area contributed by atoms with Crippen molar-refractivity contribution >= 4 is 77.6 Å². The lowest BCUT2D eigenvalue weighted by atomic mass is 9.99. The van der Waals surface area contributed by atoms with Crippen molar-refractivity contribution in [3.63, 3.8) is 0 Å². The van der Waals surface area contributed by atoms with Gasteiger partial charge < -0.3 is 76.1 Å². The van der Waals surface area contributed by atoms with Gasteiger partial charge in [0.05, 0.1) is 64.7 Å². The molecule has 0 saturated carbocycles. The maximum Gasteiger partial charge on any atom is 0.472 e. The third kappa shape index (κ3) is 45.7. The van der Waals surface area contributed by atoms with Gasteiger partial charge in [0.25, 0.3) is 28.2 Å². The number of aromatic nitrogens is 4. The fourth-order valence-electron chi connectivity index (χ4n) is 12.5. The molecule has 4 aromatic rings. The summed E-state index contributed by atoms with van der Waals surface area (Å²) in [6, 6.07) is 4.95. The van der Waals surface area contributed by atoms with E-state index in [2.05, 4.69) is 65.7 Å². The standard InChI is InChI=1S/C83H138N11O20P/c1-7-9-11-13-15-17-19-21-23-25-27-29-31-33-35-39-69(96)110-61-66(114-70(97)40-36-34-32-30-28-26-24-22-20-18-16-14-12-10-8-2)62-113-115(105,106)112-54-50-87-80(104)83(5,6)111-53-47-82(3,4)94-72-71(74(98)75(72)99)86-49-38-52-108-56-58-109-57-55-107-51-37-48-85-68(95)46-45-67(79(102)103)91-77(100)63-41-43-64(44-42-63)88-59-65-60-89-76-73(90-65)78(101)93-81(84)92-76/h41-44,60,66-67,86,88,94H,7-40,45-59,61-62H2,1-6H3,(H,85,95)(H,87,104)(H,91,100)(H,102,103)(H,105,106)(H3,84,89,92,93,101). The molecule has 650 valence electrons. The SMILES string of the molecule is CCCCCCCCCCCCCCCCCC(=O)OCC(COP(=O)(O)OCCNC(=O)C(C)(C)OCCC(C)(C)Nc1c(NCCCOCCOCCOCCCNC(=O)CCC(NC(=O)c2ccc(NCc3cnc4nc(N)[nH]c(=O)c4n3)cc2)C(=O)O)c(=O)c1=O)OC(=O)CCCCCCCCCCCCCCCCC. The average Bonchev–Trinajstić information content (AvgIpc) is 0.799. The van der Waals surface area contributed by atoms with Crippen molar-refractivity contribution in [2.24, 2.45) is 0 Å². The predicted molar refractivity (Wildman–Crippen MR) is 446 cm³/mol. The van der Waals surface area contributed by atoms with E-state index in [0.29, 0.717) is 89.7 Å². The van der Waals surface area contributed by atoms with Gasteiger partial charge in [-0.2, -0.15) is 4.98 Å². The molecular weight excluding hydrogens is 1500 g/mol. The highest BCUT2D eigenvalue weighted by molar-refractivity contribution is 7.47. The molecule has 11 N–H and O–H groups in total. The second kappa shape index (κ2) is 59.2. The zero-order valence-corrected chi connectivity index (χ0v) is 70.6. The second-order valence-electron chi connectivity index (χ2n) is 30.7. The van der Waals surface area contributed by atoms with Crippen LogP contribution in [0.25, 0.3) is 11.2 Å². The fourth-order valence-corrected chi connectivity index (χ4v) is 13.3. The van der Waals surface area contributed by atoms with Crippen LogP contribution in [0, 0.1) is 0 Å². The summed E-state index contributed by atoms with van der Waals surface area (Å²) in [6.07, 6.45) is 37.5. The molecule has 0 radical (unpaired) electrons. The number of aliphatic carboxylic acids is 1. The van der Waals surface area contributed by atoms with Crippen molar-refractivity contribution in [1.29, 1.82) is 0 Å². The van der Waals surface area contributed by atoms with Gasteiger partial charge in [-0.25, -0.2) is 19.3 Å².